The van der Waals surface area contributed by atoms with Crippen molar-refractivity contribution in [3.05, 3.63) is 52.3 Å². The maximum absolute atomic E-state index is 10.7. The molecule has 3 aromatic rings. The van der Waals surface area contributed by atoms with Crippen LogP contribution in [0.3, 0.4) is 0 Å². The maximum Gasteiger partial charge on any atom is 0.305 e. The standard InChI is InChI=1S/C16H16N6O2S/c1-3-7-21-14(12-6-4-5-11(2)8-12)19-20-16(21)25-15-17-9-13(10-18-15)22(23)24/h4-6,8-10H,3,7H2,1-2H3. The molecule has 0 N–H and O–H groups in total. The van der Waals surface area contributed by atoms with Gasteiger partial charge < -0.3 is 4.57 Å². The van der Waals surface area contributed by atoms with Gasteiger partial charge in [-0.25, -0.2) is 9.97 Å². The zero-order chi connectivity index (χ0) is 17.8. The summed E-state index contributed by atoms with van der Waals surface area (Å²) in [4.78, 5) is 18.2. The third-order valence-corrected chi connectivity index (χ3v) is 4.33. The van der Waals surface area contributed by atoms with Gasteiger partial charge in [0, 0.05) is 12.1 Å². The first kappa shape index (κ1) is 17.0. The van der Waals surface area contributed by atoms with Gasteiger partial charge in [0.2, 0.25) is 0 Å². The molecule has 0 bridgehead atoms. The van der Waals surface area contributed by atoms with Gasteiger partial charge in [-0.2, -0.15) is 0 Å². The summed E-state index contributed by atoms with van der Waals surface area (Å²) in [6.45, 7) is 4.87. The predicted octanol–water partition coefficient (Wildman–Crippen LogP) is 3.51. The van der Waals surface area contributed by atoms with Crippen molar-refractivity contribution in [1.29, 1.82) is 0 Å². The van der Waals surface area contributed by atoms with Crippen molar-refractivity contribution < 1.29 is 4.92 Å². The van der Waals surface area contributed by atoms with E-state index < -0.39 is 4.92 Å². The number of hydrogen-bond acceptors (Lipinski definition) is 7. The van der Waals surface area contributed by atoms with Crippen LogP contribution in [0.1, 0.15) is 18.9 Å². The maximum atomic E-state index is 10.7. The van der Waals surface area contributed by atoms with Crippen LogP contribution in [0, 0.1) is 17.0 Å². The molecule has 0 spiro atoms. The lowest BCUT2D eigenvalue weighted by Gasteiger charge is -2.08. The van der Waals surface area contributed by atoms with Crippen LogP contribution in [0.2, 0.25) is 0 Å². The first-order valence-electron chi connectivity index (χ1n) is 7.73. The average Bonchev–Trinajstić information content (AvgIpc) is 2.98. The third kappa shape index (κ3) is 3.82. The fraction of sp³-hybridized carbons (Fsp3) is 0.250. The molecular weight excluding hydrogens is 340 g/mol. The highest BCUT2D eigenvalue weighted by atomic mass is 32.2. The zero-order valence-electron chi connectivity index (χ0n) is 13.8. The SMILES string of the molecule is CCCn1c(Sc2ncc([N+](=O)[O-])cn2)nnc1-c1cccc(C)c1. The highest BCUT2D eigenvalue weighted by molar-refractivity contribution is 7.99. The van der Waals surface area contributed by atoms with Crippen LogP contribution >= 0.6 is 11.8 Å². The molecule has 2 aromatic heterocycles. The normalized spacial score (nSPS) is 10.8. The smallest absolute Gasteiger partial charge is 0.302 e. The zero-order valence-corrected chi connectivity index (χ0v) is 14.6. The molecule has 3 rings (SSSR count). The van der Waals surface area contributed by atoms with Crippen LogP contribution < -0.4 is 0 Å². The minimum Gasteiger partial charge on any atom is -0.302 e. The minimum atomic E-state index is -0.524. The van der Waals surface area contributed by atoms with Gasteiger partial charge in [-0.15, -0.1) is 10.2 Å². The molecule has 2 heterocycles. The number of rotatable bonds is 6. The Kier molecular flexibility index (Phi) is 5.03. The quantitative estimate of drug-likeness (QED) is 0.378. The van der Waals surface area contributed by atoms with Crippen LogP contribution in [0.4, 0.5) is 5.69 Å². The van der Waals surface area contributed by atoms with Gasteiger partial charge >= 0.3 is 5.69 Å². The van der Waals surface area contributed by atoms with E-state index in [1.807, 2.05) is 29.7 Å². The Morgan fingerprint density at radius 2 is 2.00 bits per heavy atom. The van der Waals surface area contributed by atoms with Gasteiger partial charge in [0.05, 0.1) is 4.92 Å². The summed E-state index contributed by atoms with van der Waals surface area (Å²) in [6, 6.07) is 8.08. The third-order valence-electron chi connectivity index (χ3n) is 3.45. The van der Waals surface area contributed by atoms with Gasteiger partial charge in [0.15, 0.2) is 16.1 Å². The Bertz CT molecular complexity index is 894. The van der Waals surface area contributed by atoms with E-state index >= 15 is 0 Å². The van der Waals surface area contributed by atoms with Crippen molar-refractivity contribution in [1.82, 2.24) is 24.7 Å². The van der Waals surface area contributed by atoms with Crippen LogP contribution in [0.5, 0.6) is 0 Å². The van der Waals surface area contributed by atoms with Crippen molar-refractivity contribution in [3.8, 4) is 11.4 Å². The summed E-state index contributed by atoms with van der Waals surface area (Å²) < 4.78 is 2.02. The lowest BCUT2D eigenvalue weighted by Crippen LogP contribution is -2.02. The average molecular weight is 356 g/mol. The van der Waals surface area contributed by atoms with E-state index in [0.717, 1.165) is 29.9 Å². The van der Waals surface area contributed by atoms with E-state index in [0.29, 0.717) is 10.3 Å². The van der Waals surface area contributed by atoms with Gasteiger partial charge in [-0.3, -0.25) is 10.1 Å². The van der Waals surface area contributed by atoms with Crippen LogP contribution in [-0.4, -0.2) is 29.7 Å². The molecule has 8 nitrogen and oxygen atoms in total. The van der Waals surface area contributed by atoms with Crippen LogP contribution in [0.15, 0.2) is 47.0 Å². The van der Waals surface area contributed by atoms with E-state index in [1.165, 1.54) is 24.2 Å². The second kappa shape index (κ2) is 7.39. The van der Waals surface area contributed by atoms with Crippen LogP contribution in [0.25, 0.3) is 11.4 Å². The molecule has 0 unspecified atom stereocenters. The number of aromatic nitrogens is 5. The first-order valence-corrected chi connectivity index (χ1v) is 8.54. The monoisotopic (exact) mass is 356 g/mol. The molecule has 0 atom stereocenters. The summed E-state index contributed by atoms with van der Waals surface area (Å²) in [6.07, 6.45) is 3.31. The molecule has 1 aromatic carbocycles. The summed E-state index contributed by atoms with van der Waals surface area (Å²) >= 11 is 1.24. The molecule has 0 saturated carbocycles. The van der Waals surface area contributed by atoms with Crippen molar-refractivity contribution in [2.75, 3.05) is 0 Å². The Hall–Kier alpha value is -2.81. The largest absolute Gasteiger partial charge is 0.305 e. The Morgan fingerprint density at radius 1 is 1.24 bits per heavy atom. The molecule has 0 saturated heterocycles. The summed E-state index contributed by atoms with van der Waals surface area (Å²) in [5, 5.41) is 20.3. The van der Waals surface area contributed by atoms with Gasteiger partial charge in [-0.1, -0.05) is 30.7 Å². The van der Waals surface area contributed by atoms with E-state index in [9.17, 15) is 10.1 Å². The fourth-order valence-corrected chi connectivity index (χ4v) is 3.07. The Morgan fingerprint density at radius 3 is 2.64 bits per heavy atom. The molecular formula is C16H16N6O2S. The van der Waals surface area contributed by atoms with E-state index in [-0.39, 0.29) is 5.69 Å². The van der Waals surface area contributed by atoms with E-state index in [1.54, 1.807) is 0 Å². The Labute approximate surface area is 148 Å². The van der Waals surface area contributed by atoms with E-state index in [4.69, 9.17) is 0 Å². The molecule has 0 aliphatic heterocycles. The summed E-state index contributed by atoms with van der Waals surface area (Å²) in [5.41, 5.74) is 2.01. The molecule has 0 amide bonds. The topological polar surface area (TPSA) is 99.6 Å². The van der Waals surface area contributed by atoms with Gasteiger partial charge in [0.1, 0.15) is 12.4 Å². The number of benzene rings is 1. The van der Waals surface area contributed by atoms with Crippen molar-refractivity contribution in [2.24, 2.45) is 0 Å². The lowest BCUT2D eigenvalue weighted by atomic mass is 10.1. The molecule has 0 radical (unpaired) electrons. The number of aryl methyl sites for hydroxylation is 1. The predicted molar refractivity (Wildman–Crippen MR) is 93.3 cm³/mol. The molecule has 0 fully saturated rings. The highest BCUT2D eigenvalue weighted by Crippen LogP contribution is 2.28. The van der Waals surface area contributed by atoms with Crippen molar-refractivity contribution >= 4 is 17.4 Å². The highest BCUT2D eigenvalue weighted by Gasteiger charge is 2.16. The molecule has 0 aliphatic rings. The molecule has 25 heavy (non-hydrogen) atoms. The first-order chi connectivity index (χ1) is 12.1. The number of nitrogens with zero attached hydrogens (tertiary/aromatic N) is 6. The molecule has 128 valence electrons. The second-order valence-electron chi connectivity index (χ2n) is 5.41. The minimum absolute atomic E-state index is 0.139. The second-order valence-corrected chi connectivity index (χ2v) is 6.34. The van der Waals surface area contributed by atoms with Gasteiger partial charge in [0.25, 0.3) is 0 Å². The fourth-order valence-electron chi connectivity index (χ4n) is 2.33. The molecule has 9 heteroatoms. The number of nitro groups is 1. The van der Waals surface area contributed by atoms with Crippen molar-refractivity contribution in [3.63, 3.8) is 0 Å². The van der Waals surface area contributed by atoms with Crippen molar-refractivity contribution in [2.45, 2.75) is 37.1 Å². The molecule has 0 aliphatic carbocycles. The summed E-state index contributed by atoms with van der Waals surface area (Å²) in [5.74, 6) is 0.787. The van der Waals surface area contributed by atoms with Gasteiger partial charge in [-0.05, 0) is 31.2 Å². The van der Waals surface area contributed by atoms with E-state index in [2.05, 4.69) is 33.2 Å². The Balaban J connectivity index is 1.92. The lowest BCUT2D eigenvalue weighted by molar-refractivity contribution is -0.385. The summed E-state index contributed by atoms with van der Waals surface area (Å²) in [7, 11) is 0. The van der Waals surface area contributed by atoms with Crippen LogP contribution in [-0.2, 0) is 6.54 Å². The number of hydrogen-bond donors (Lipinski definition) is 0.